The summed E-state index contributed by atoms with van der Waals surface area (Å²) in [7, 11) is 0. The standard InChI is InChI=1S/C26H18ClN3O2S2/c27-20-13-7-8-14-21(20)28-22(31)16-34-26-29-24-23(19(15-33-24)17-9-3-1-4-10-17)25(32)30(26)18-11-5-2-6-12-18/h1-15H,16H2,(H,28,31). The molecule has 0 aliphatic carbocycles. The lowest BCUT2D eigenvalue weighted by molar-refractivity contribution is -0.113. The van der Waals surface area contributed by atoms with E-state index in [0.29, 0.717) is 31.8 Å². The maximum absolute atomic E-state index is 13.8. The monoisotopic (exact) mass is 503 g/mol. The minimum atomic E-state index is -0.233. The molecule has 5 aromatic rings. The van der Waals surface area contributed by atoms with Gasteiger partial charge in [-0.1, -0.05) is 84.0 Å². The van der Waals surface area contributed by atoms with Crippen molar-refractivity contribution in [2.75, 3.05) is 11.1 Å². The number of nitrogens with zero attached hydrogens (tertiary/aromatic N) is 2. The zero-order valence-corrected chi connectivity index (χ0v) is 20.2. The fourth-order valence-electron chi connectivity index (χ4n) is 3.58. The van der Waals surface area contributed by atoms with Crippen molar-refractivity contribution in [2.45, 2.75) is 5.16 Å². The van der Waals surface area contributed by atoms with Gasteiger partial charge in [0.05, 0.1) is 27.5 Å². The van der Waals surface area contributed by atoms with Gasteiger partial charge in [0.15, 0.2) is 5.16 Å². The van der Waals surface area contributed by atoms with E-state index >= 15 is 0 Å². The van der Waals surface area contributed by atoms with Crippen molar-refractivity contribution < 1.29 is 4.79 Å². The molecule has 0 bridgehead atoms. The first-order chi connectivity index (χ1) is 16.6. The van der Waals surface area contributed by atoms with Crippen molar-refractivity contribution in [1.29, 1.82) is 0 Å². The number of anilines is 1. The molecule has 0 saturated heterocycles. The second kappa shape index (κ2) is 9.85. The van der Waals surface area contributed by atoms with E-state index in [1.165, 1.54) is 23.1 Å². The SMILES string of the molecule is O=C(CSc1nc2scc(-c3ccccc3)c2c(=O)n1-c1ccccc1)Nc1ccccc1Cl. The largest absolute Gasteiger partial charge is 0.324 e. The van der Waals surface area contributed by atoms with Crippen LogP contribution >= 0.6 is 34.7 Å². The zero-order chi connectivity index (χ0) is 23.5. The summed E-state index contributed by atoms with van der Waals surface area (Å²) in [4.78, 5) is 31.8. The van der Waals surface area contributed by atoms with Crippen LogP contribution in [-0.2, 0) is 4.79 Å². The molecule has 0 fully saturated rings. The summed E-state index contributed by atoms with van der Waals surface area (Å²) < 4.78 is 1.58. The Morgan fingerprint density at radius 3 is 2.38 bits per heavy atom. The highest BCUT2D eigenvalue weighted by molar-refractivity contribution is 7.99. The number of rotatable bonds is 6. The third-order valence-corrected chi connectivity index (χ3v) is 7.30. The van der Waals surface area contributed by atoms with Gasteiger partial charge >= 0.3 is 0 Å². The molecule has 0 saturated carbocycles. The Morgan fingerprint density at radius 2 is 1.65 bits per heavy atom. The van der Waals surface area contributed by atoms with Gasteiger partial charge in [0, 0.05) is 10.9 Å². The van der Waals surface area contributed by atoms with E-state index in [2.05, 4.69) is 5.32 Å². The first-order valence-corrected chi connectivity index (χ1v) is 12.7. The van der Waals surface area contributed by atoms with Crippen LogP contribution in [0, 0.1) is 0 Å². The Morgan fingerprint density at radius 1 is 0.971 bits per heavy atom. The molecule has 0 aliphatic heterocycles. The fourth-order valence-corrected chi connectivity index (χ4v) is 5.57. The summed E-state index contributed by atoms with van der Waals surface area (Å²) >= 11 is 8.79. The Labute approximate surface area is 209 Å². The molecule has 2 aromatic heterocycles. The van der Waals surface area contributed by atoms with Gasteiger partial charge in [-0.25, -0.2) is 4.98 Å². The highest BCUT2D eigenvalue weighted by Gasteiger charge is 2.19. The highest BCUT2D eigenvalue weighted by Crippen LogP contribution is 2.33. The summed E-state index contributed by atoms with van der Waals surface area (Å²) in [5, 5.41) is 6.27. The maximum atomic E-state index is 13.8. The normalized spacial score (nSPS) is 11.0. The van der Waals surface area contributed by atoms with Gasteiger partial charge < -0.3 is 5.32 Å². The number of fused-ring (bicyclic) bond motifs is 1. The number of hydrogen-bond donors (Lipinski definition) is 1. The van der Waals surface area contributed by atoms with Crippen LogP contribution in [0.4, 0.5) is 5.69 Å². The van der Waals surface area contributed by atoms with E-state index in [1.807, 2.05) is 66.0 Å². The number of amides is 1. The zero-order valence-electron chi connectivity index (χ0n) is 17.8. The molecule has 0 aliphatic rings. The van der Waals surface area contributed by atoms with Crippen molar-refractivity contribution >= 4 is 56.5 Å². The molecular formula is C26H18ClN3O2S2. The smallest absolute Gasteiger partial charge is 0.268 e. The van der Waals surface area contributed by atoms with Crippen molar-refractivity contribution in [3.05, 3.63) is 106 Å². The number of hydrogen-bond acceptors (Lipinski definition) is 5. The molecule has 34 heavy (non-hydrogen) atoms. The number of nitrogens with one attached hydrogen (secondary N) is 1. The van der Waals surface area contributed by atoms with Crippen LogP contribution < -0.4 is 10.9 Å². The number of thiophene rings is 1. The number of benzene rings is 3. The lowest BCUT2D eigenvalue weighted by Gasteiger charge is -2.13. The van der Waals surface area contributed by atoms with Gasteiger partial charge in [0.25, 0.3) is 5.56 Å². The predicted molar refractivity (Wildman–Crippen MR) is 141 cm³/mol. The van der Waals surface area contributed by atoms with Crippen LogP contribution in [0.1, 0.15) is 0 Å². The highest BCUT2D eigenvalue weighted by atomic mass is 35.5. The lowest BCUT2D eigenvalue weighted by atomic mass is 10.1. The molecule has 8 heteroatoms. The van der Waals surface area contributed by atoms with Gasteiger partial charge in [-0.3, -0.25) is 14.2 Å². The van der Waals surface area contributed by atoms with Crippen molar-refractivity contribution in [1.82, 2.24) is 9.55 Å². The summed E-state index contributed by atoms with van der Waals surface area (Å²) in [6.45, 7) is 0. The van der Waals surface area contributed by atoms with Crippen LogP contribution in [-0.4, -0.2) is 21.2 Å². The lowest BCUT2D eigenvalue weighted by Crippen LogP contribution is -2.22. The predicted octanol–water partition coefficient (Wildman–Crippen LogP) is 6.50. The first-order valence-electron chi connectivity index (χ1n) is 10.4. The average Bonchev–Trinajstić information content (AvgIpc) is 3.30. The van der Waals surface area contributed by atoms with Crippen LogP contribution in [0.15, 0.2) is 100 Å². The molecule has 1 N–H and O–H groups in total. The second-order valence-corrected chi connectivity index (χ2v) is 9.59. The van der Waals surface area contributed by atoms with E-state index in [9.17, 15) is 9.59 Å². The molecule has 1 amide bonds. The number of aromatic nitrogens is 2. The number of carbonyl (C=O) groups is 1. The third kappa shape index (κ3) is 4.50. The van der Waals surface area contributed by atoms with E-state index in [-0.39, 0.29) is 17.2 Å². The number of thioether (sulfide) groups is 1. The van der Waals surface area contributed by atoms with Gasteiger partial charge in [0.1, 0.15) is 4.83 Å². The van der Waals surface area contributed by atoms with Crippen LogP contribution in [0.25, 0.3) is 27.0 Å². The Bertz CT molecular complexity index is 1530. The molecule has 0 radical (unpaired) electrons. The van der Waals surface area contributed by atoms with Gasteiger partial charge in [0.2, 0.25) is 5.91 Å². The van der Waals surface area contributed by atoms with Crippen molar-refractivity contribution in [3.8, 4) is 16.8 Å². The summed E-state index contributed by atoms with van der Waals surface area (Å²) in [6, 6.07) is 26.2. The molecule has 3 aromatic carbocycles. The quantitative estimate of drug-likeness (QED) is 0.212. The minimum absolute atomic E-state index is 0.0763. The van der Waals surface area contributed by atoms with Crippen molar-refractivity contribution in [2.24, 2.45) is 0 Å². The summed E-state index contributed by atoms with van der Waals surface area (Å²) in [5.41, 5.74) is 2.90. The van der Waals surface area contributed by atoms with E-state index < -0.39 is 0 Å². The third-order valence-electron chi connectivity index (χ3n) is 5.16. The Balaban J connectivity index is 1.54. The first kappa shape index (κ1) is 22.4. The van der Waals surface area contributed by atoms with E-state index in [4.69, 9.17) is 16.6 Å². The van der Waals surface area contributed by atoms with Gasteiger partial charge in [-0.2, -0.15) is 0 Å². The van der Waals surface area contributed by atoms with Crippen LogP contribution in [0.3, 0.4) is 0 Å². The van der Waals surface area contributed by atoms with Crippen LogP contribution in [0.5, 0.6) is 0 Å². The molecule has 0 spiro atoms. The molecule has 0 atom stereocenters. The van der Waals surface area contributed by atoms with Gasteiger partial charge in [-0.15, -0.1) is 11.3 Å². The van der Waals surface area contributed by atoms with Gasteiger partial charge in [-0.05, 0) is 29.8 Å². The van der Waals surface area contributed by atoms with Crippen LogP contribution in [0.2, 0.25) is 5.02 Å². The second-order valence-electron chi connectivity index (χ2n) is 7.38. The van der Waals surface area contributed by atoms with E-state index in [0.717, 1.165) is 11.1 Å². The molecular weight excluding hydrogens is 486 g/mol. The van der Waals surface area contributed by atoms with E-state index in [1.54, 1.807) is 28.8 Å². The fraction of sp³-hybridized carbons (Fsp3) is 0.0385. The Hall–Kier alpha value is -3.39. The molecule has 0 unspecified atom stereocenters. The average molecular weight is 504 g/mol. The van der Waals surface area contributed by atoms with Crippen molar-refractivity contribution in [3.63, 3.8) is 0 Å². The summed E-state index contributed by atoms with van der Waals surface area (Å²) in [6.07, 6.45) is 0. The number of halogens is 1. The molecule has 168 valence electrons. The Kier molecular flexibility index (Phi) is 6.49. The minimum Gasteiger partial charge on any atom is -0.324 e. The molecule has 5 nitrogen and oxygen atoms in total. The number of para-hydroxylation sites is 2. The molecule has 2 heterocycles. The maximum Gasteiger partial charge on any atom is 0.268 e. The topological polar surface area (TPSA) is 64.0 Å². The number of carbonyl (C=O) groups excluding carboxylic acids is 1. The molecule has 5 rings (SSSR count). The summed E-state index contributed by atoms with van der Waals surface area (Å²) in [5.74, 6) is -0.157.